The number of hydrogen-bond donors (Lipinski definition) is 0. The molecule has 1 aromatic carbocycles. The lowest BCUT2D eigenvalue weighted by Crippen LogP contribution is -2.31. The van der Waals surface area contributed by atoms with E-state index in [1.165, 1.54) is 17.7 Å². The fourth-order valence-corrected chi connectivity index (χ4v) is 3.30. The van der Waals surface area contributed by atoms with Crippen molar-refractivity contribution in [3.63, 3.8) is 0 Å². The van der Waals surface area contributed by atoms with Gasteiger partial charge in [-0.05, 0) is 36.6 Å². The largest absolute Gasteiger partial charge is 0.399 e. The van der Waals surface area contributed by atoms with Gasteiger partial charge in [0.15, 0.2) is 0 Å². The Morgan fingerprint density at radius 1 is 1.28 bits per heavy atom. The zero-order chi connectivity index (χ0) is 12.5. The Balaban J connectivity index is 1.88. The minimum Gasteiger partial charge on any atom is -0.399 e. The summed E-state index contributed by atoms with van der Waals surface area (Å²) in [4.78, 5) is 7.43. The van der Waals surface area contributed by atoms with Crippen molar-refractivity contribution in [3.8, 4) is 0 Å². The van der Waals surface area contributed by atoms with Crippen molar-refractivity contribution >= 4 is 17.3 Å². The van der Waals surface area contributed by atoms with Gasteiger partial charge in [0.25, 0.3) is 0 Å². The summed E-state index contributed by atoms with van der Waals surface area (Å²) in [6.45, 7) is 3.21. The van der Waals surface area contributed by atoms with Crippen molar-refractivity contribution in [2.45, 2.75) is 12.3 Å². The highest BCUT2D eigenvalue weighted by molar-refractivity contribution is 6.30. The standard InChI is InChI=1S/C14H17ClN2O/c1-18-16-14-9-17-7-6-12(13(14)8-17)10-2-4-11(15)5-3-10/h2-5,12-13H,6-9H2,1H3/t12-,13-/m1/s1. The quantitative estimate of drug-likeness (QED) is 0.768. The molecule has 3 atom stereocenters. The van der Waals surface area contributed by atoms with Crippen LogP contribution in [0.2, 0.25) is 5.02 Å². The zero-order valence-electron chi connectivity index (χ0n) is 10.5. The van der Waals surface area contributed by atoms with Gasteiger partial charge in [0.1, 0.15) is 7.11 Å². The van der Waals surface area contributed by atoms with Crippen molar-refractivity contribution in [3.05, 3.63) is 34.9 Å². The fourth-order valence-electron chi connectivity index (χ4n) is 3.17. The number of oxime groups is 1. The van der Waals surface area contributed by atoms with Crippen LogP contribution in [0, 0.1) is 5.92 Å². The molecule has 3 rings (SSSR count). The number of nitrogens with zero attached hydrogens (tertiary/aromatic N) is 2. The third-order valence-electron chi connectivity index (χ3n) is 4.02. The Hall–Kier alpha value is -1.06. The number of hydrogen-bond acceptors (Lipinski definition) is 3. The minimum absolute atomic E-state index is 0.500. The predicted octanol–water partition coefficient (Wildman–Crippen LogP) is 2.76. The molecular formula is C14H17ClN2O. The third kappa shape index (κ3) is 2.13. The number of halogens is 1. The lowest BCUT2D eigenvalue weighted by molar-refractivity contribution is 0.210. The molecule has 0 N–H and O–H groups in total. The van der Waals surface area contributed by atoms with Gasteiger partial charge in [-0.25, -0.2) is 0 Å². The molecule has 2 aliphatic rings. The molecule has 0 aliphatic carbocycles. The molecule has 0 spiro atoms. The summed E-state index contributed by atoms with van der Waals surface area (Å²) in [5.74, 6) is 1.05. The van der Waals surface area contributed by atoms with Crippen LogP contribution >= 0.6 is 11.6 Å². The number of benzene rings is 1. The first-order valence-corrected chi connectivity index (χ1v) is 6.73. The summed E-state index contributed by atoms with van der Waals surface area (Å²) in [6.07, 6.45) is 1.19. The lowest BCUT2D eigenvalue weighted by Gasteiger charge is -2.30. The second-order valence-electron chi connectivity index (χ2n) is 5.05. The molecule has 0 amide bonds. The Bertz CT molecular complexity index is 457. The molecular weight excluding hydrogens is 248 g/mol. The van der Waals surface area contributed by atoms with Crippen molar-refractivity contribution in [1.29, 1.82) is 0 Å². The van der Waals surface area contributed by atoms with Crippen LogP contribution in [0.4, 0.5) is 0 Å². The maximum atomic E-state index is 5.96. The van der Waals surface area contributed by atoms with E-state index in [0.717, 1.165) is 24.7 Å². The van der Waals surface area contributed by atoms with E-state index >= 15 is 0 Å². The number of rotatable bonds is 2. The van der Waals surface area contributed by atoms with Crippen LogP contribution in [0.3, 0.4) is 0 Å². The average Bonchev–Trinajstić information content (AvgIpc) is 2.69. The Morgan fingerprint density at radius 2 is 2.06 bits per heavy atom. The zero-order valence-corrected chi connectivity index (χ0v) is 11.2. The van der Waals surface area contributed by atoms with Crippen molar-refractivity contribution in [1.82, 2.24) is 4.90 Å². The molecule has 0 saturated carbocycles. The number of piperidine rings is 1. The molecule has 3 nitrogen and oxygen atoms in total. The Kier molecular flexibility index (Phi) is 3.27. The first kappa shape index (κ1) is 12.0. The summed E-state index contributed by atoms with van der Waals surface area (Å²) < 4.78 is 0. The smallest absolute Gasteiger partial charge is 0.106 e. The van der Waals surface area contributed by atoms with Crippen LogP contribution in [-0.2, 0) is 4.84 Å². The van der Waals surface area contributed by atoms with Gasteiger partial charge in [-0.2, -0.15) is 0 Å². The lowest BCUT2D eigenvalue weighted by atomic mass is 9.81. The Labute approximate surface area is 112 Å². The van der Waals surface area contributed by atoms with E-state index in [0.29, 0.717) is 11.8 Å². The van der Waals surface area contributed by atoms with Gasteiger partial charge in [-0.3, -0.25) is 4.90 Å². The molecule has 96 valence electrons. The van der Waals surface area contributed by atoms with E-state index < -0.39 is 0 Å². The Morgan fingerprint density at radius 3 is 2.78 bits per heavy atom. The van der Waals surface area contributed by atoms with Crippen molar-refractivity contribution in [2.24, 2.45) is 11.1 Å². The average molecular weight is 265 g/mol. The van der Waals surface area contributed by atoms with Crippen LogP contribution in [-0.4, -0.2) is 37.4 Å². The summed E-state index contributed by atoms with van der Waals surface area (Å²) in [7, 11) is 1.63. The molecule has 1 aromatic rings. The SMILES string of the molecule is CON=C1CN2CC[C@H](c3ccc(Cl)cc3)[C@H]1C2. The molecule has 2 saturated heterocycles. The first-order chi connectivity index (χ1) is 8.78. The van der Waals surface area contributed by atoms with E-state index in [1.54, 1.807) is 7.11 Å². The molecule has 0 aromatic heterocycles. The van der Waals surface area contributed by atoms with E-state index in [2.05, 4.69) is 22.2 Å². The van der Waals surface area contributed by atoms with Crippen LogP contribution in [0.1, 0.15) is 17.9 Å². The fraction of sp³-hybridized carbons (Fsp3) is 0.500. The minimum atomic E-state index is 0.500. The maximum absolute atomic E-state index is 5.96. The summed E-state index contributed by atoms with van der Waals surface area (Å²) >= 11 is 5.96. The normalized spacial score (nSPS) is 32.8. The van der Waals surface area contributed by atoms with E-state index in [4.69, 9.17) is 16.4 Å². The monoisotopic (exact) mass is 264 g/mol. The van der Waals surface area contributed by atoms with Gasteiger partial charge in [0.2, 0.25) is 0 Å². The highest BCUT2D eigenvalue weighted by atomic mass is 35.5. The second kappa shape index (κ2) is 4.90. The van der Waals surface area contributed by atoms with Gasteiger partial charge in [-0.1, -0.05) is 28.9 Å². The molecule has 18 heavy (non-hydrogen) atoms. The number of fused-ring (bicyclic) bond motifs is 2. The molecule has 2 aliphatic heterocycles. The van der Waals surface area contributed by atoms with Crippen LogP contribution in [0.5, 0.6) is 0 Å². The van der Waals surface area contributed by atoms with Gasteiger partial charge < -0.3 is 4.84 Å². The highest BCUT2D eigenvalue weighted by Gasteiger charge is 2.40. The van der Waals surface area contributed by atoms with Gasteiger partial charge in [0, 0.05) is 24.0 Å². The summed E-state index contributed by atoms with van der Waals surface area (Å²) in [6, 6.07) is 8.24. The summed E-state index contributed by atoms with van der Waals surface area (Å²) in [5.41, 5.74) is 2.56. The van der Waals surface area contributed by atoms with E-state index in [1.807, 2.05) is 12.1 Å². The third-order valence-corrected chi connectivity index (χ3v) is 4.27. The topological polar surface area (TPSA) is 24.8 Å². The second-order valence-corrected chi connectivity index (χ2v) is 5.49. The van der Waals surface area contributed by atoms with E-state index in [9.17, 15) is 0 Å². The molecule has 0 radical (unpaired) electrons. The maximum Gasteiger partial charge on any atom is 0.106 e. The molecule has 4 heteroatoms. The first-order valence-electron chi connectivity index (χ1n) is 6.35. The molecule has 2 fully saturated rings. The van der Waals surface area contributed by atoms with Crippen LogP contribution in [0.15, 0.2) is 29.4 Å². The van der Waals surface area contributed by atoms with Crippen molar-refractivity contribution < 1.29 is 4.84 Å². The highest BCUT2D eigenvalue weighted by Crippen LogP contribution is 2.38. The van der Waals surface area contributed by atoms with Gasteiger partial charge in [0.05, 0.1) is 5.71 Å². The predicted molar refractivity (Wildman–Crippen MR) is 73.2 cm³/mol. The molecule has 2 bridgehead atoms. The van der Waals surface area contributed by atoms with Crippen LogP contribution < -0.4 is 0 Å². The summed E-state index contributed by atoms with van der Waals surface area (Å²) in [5, 5.41) is 5.01. The van der Waals surface area contributed by atoms with Crippen LogP contribution in [0.25, 0.3) is 0 Å². The van der Waals surface area contributed by atoms with Gasteiger partial charge >= 0.3 is 0 Å². The molecule has 1 unspecified atom stereocenters. The van der Waals surface area contributed by atoms with E-state index in [-0.39, 0.29) is 0 Å². The van der Waals surface area contributed by atoms with Crippen molar-refractivity contribution in [2.75, 3.05) is 26.7 Å². The molecule has 2 heterocycles. The van der Waals surface area contributed by atoms with Gasteiger partial charge in [-0.15, -0.1) is 0 Å².